The van der Waals surface area contributed by atoms with Gasteiger partial charge in [0.2, 0.25) is 5.91 Å². The van der Waals surface area contributed by atoms with Gasteiger partial charge in [-0.25, -0.2) is 9.00 Å². The summed E-state index contributed by atoms with van der Waals surface area (Å²) in [5, 5.41) is 13.5. The third-order valence-electron chi connectivity index (χ3n) is 6.34. The van der Waals surface area contributed by atoms with Crippen LogP contribution in [0.4, 0.5) is 16.2 Å². The van der Waals surface area contributed by atoms with E-state index in [0.717, 1.165) is 16.8 Å². The Morgan fingerprint density at radius 3 is 2.08 bits per heavy atom. The molecule has 0 radical (unpaired) electrons. The molecular weight excluding hydrogens is 492 g/mol. The van der Waals surface area contributed by atoms with Crippen molar-refractivity contribution in [3.63, 3.8) is 0 Å². The van der Waals surface area contributed by atoms with Gasteiger partial charge in [0.1, 0.15) is 0 Å². The highest BCUT2D eigenvalue weighted by Gasteiger charge is 2.24. The standard InChI is InChI=1S/C27H38N4O5S/c1-16(2)22-11-18(25(28)32)12-23(17(3)4)24(22)29-26(33)30-37(35)21-14-19(27(5,6)34)13-20(15-21)31-7-9-36-10-8-31/h11-17,34H,7-10H2,1-6H3,(H2,28,32)(H2,29,30,33). The van der Waals surface area contributed by atoms with Crippen LogP contribution in [0, 0.1) is 0 Å². The molecule has 0 saturated carbocycles. The van der Waals surface area contributed by atoms with Crippen LogP contribution < -0.4 is 20.7 Å². The Morgan fingerprint density at radius 1 is 1.03 bits per heavy atom. The molecule has 0 spiro atoms. The van der Waals surface area contributed by atoms with Crippen molar-refractivity contribution in [3.05, 3.63) is 52.6 Å². The molecule has 37 heavy (non-hydrogen) atoms. The van der Waals surface area contributed by atoms with E-state index in [-0.39, 0.29) is 11.8 Å². The molecule has 1 saturated heterocycles. The van der Waals surface area contributed by atoms with E-state index < -0.39 is 28.5 Å². The van der Waals surface area contributed by atoms with Crippen molar-refractivity contribution in [2.75, 3.05) is 36.5 Å². The molecule has 1 aliphatic heterocycles. The minimum atomic E-state index is -1.90. The fraction of sp³-hybridized carbons (Fsp3) is 0.481. The van der Waals surface area contributed by atoms with Gasteiger partial charge in [0.25, 0.3) is 0 Å². The van der Waals surface area contributed by atoms with E-state index in [1.807, 2.05) is 33.8 Å². The first-order valence-electron chi connectivity index (χ1n) is 12.5. The molecule has 3 rings (SSSR count). The predicted octanol–water partition coefficient (Wildman–Crippen LogP) is 3.94. The SMILES string of the molecule is CC(C)c1cc(C(N)=O)cc(C(C)C)c1NC(=O)NS(=O)c1cc(N2CCOCC2)cc(C(C)(C)O)c1. The molecule has 0 aliphatic carbocycles. The van der Waals surface area contributed by atoms with Gasteiger partial charge in [-0.3, -0.25) is 9.52 Å². The number of nitrogens with one attached hydrogen (secondary N) is 2. The number of anilines is 2. The van der Waals surface area contributed by atoms with Crippen LogP contribution in [-0.2, 0) is 21.3 Å². The van der Waals surface area contributed by atoms with Crippen LogP contribution in [0.2, 0.25) is 0 Å². The van der Waals surface area contributed by atoms with E-state index in [0.29, 0.717) is 48.0 Å². The van der Waals surface area contributed by atoms with Crippen molar-refractivity contribution in [2.45, 2.75) is 63.9 Å². The van der Waals surface area contributed by atoms with Crippen molar-refractivity contribution in [1.29, 1.82) is 0 Å². The highest BCUT2D eigenvalue weighted by molar-refractivity contribution is 7.83. The summed E-state index contributed by atoms with van der Waals surface area (Å²) in [4.78, 5) is 27.4. The van der Waals surface area contributed by atoms with Gasteiger partial charge in [-0.15, -0.1) is 0 Å². The van der Waals surface area contributed by atoms with E-state index in [1.54, 1.807) is 38.1 Å². The molecule has 3 amide bonds. The molecule has 0 bridgehead atoms. The number of urea groups is 1. The molecule has 202 valence electrons. The van der Waals surface area contributed by atoms with Crippen LogP contribution in [-0.4, -0.2) is 47.6 Å². The summed E-state index contributed by atoms with van der Waals surface area (Å²) in [7, 11) is -1.90. The lowest BCUT2D eigenvalue weighted by Crippen LogP contribution is -2.36. The van der Waals surface area contributed by atoms with Crippen LogP contribution in [0.1, 0.15) is 80.4 Å². The Bertz CT molecular complexity index is 1150. The predicted molar refractivity (Wildman–Crippen MR) is 146 cm³/mol. The number of primary amides is 1. The minimum absolute atomic E-state index is 0.00264. The molecule has 10 heteroatoms. The van der Waals surface area contributed by atoms with Crippen molar-refractivity contribution in [3.8, 4) is 0 Å². The second kappa shape index (κ2) is 11.6. The van der Waals surface area contributed by atoms with Crippen molar-refractivity contribution >= 4 is 34.3 Å². The third-order valence-corrected chi connectivity index (χ3v) is 7.37. The Balaban J connectivity index is 1.91. The number of carbonyl (C=O) groups excluding carboxylic acids is 2. The minimum Gasteiger partial charge on any atom is -0.386 e. The zero-order chi connectivity index (χ0) is 27.5. The van der Waals surface area contributed by atoms with E-state index in [4.69, 9.17) is 10.5 Å². The molecule has 0 aromatic heterocycles. The summed E-state index contributed by atoms with van der Waals surface area (Å²) >= 11 is 0. The first kappa shape index (κ1) is 28.6. The Labute approximate surface area is 221 Å². The number of hydrogen-bond acceptors (Lipinski definition) is 6. The van der Waals surface area contributed by atoms with Crippen molar-refractivity contribution < 1.29 is 23.6 Å². The van der Waals surface area contributed by atoms with Gasteiger partial charge in [-0.05, 0) is 72.7 Å². The molecule has 2 aromatic rings. The Morgan fingerprint density at radius 2 is 1.59 bits per heavy atom. The van der Waals surface area contributed by atoms with Gasteiger partial charge < -0.3 is 25.8 Å². The summed E-state index contributed by atoms with van der Waals surface area (Å²) in [6, 6.07) is 8.00. The zero-order valence-electron chi connectivity index (χ0n) is 22.4. The maximum Gasteiger partial charge on any atom is 0.331 e. The molecule has 5 N–H and O–H groups in total. The quantitative estimate of drug-likeness (QED) is 0.408. The van der Waals surface area contributed by atoms with Crippen molar-refractivity contribution in [2.24, 2.45) is 5.73 Å². The van der Waals surface area contributed by atoms with E-state index >= 15 is 0 Å². The average molecular weight is 531 g/mol. The maximum absolute atomic E-state index is 13.3. The third kappa shape index (κ3) is 7.09. The van der Waals surface area contributed by atoms with Crippen molar-refractivity contribution in [1.82, 2.24) is 4.72 Å². The molecule has 9 nitrogen and oxygen atoms in total. The number of nitrogens with two attached hydrogens (primary N) is 1. The molecular formula is C27H38N4O5S. The molecule has 1 aliphatic rings. The lowest BCUT2D eigenvalue weighted by atomic mass is 9.90. The van der Waals surface area contributed by atoms with Gasteiger partial charge in [0.05, 0.1) is 23.7 Å². The van der Waals surface area contributed by atoms with Crippen LogP contribution >= 0.6 is 0 Å². The number of benzene rings is 2. The summed E-state index contributed by atoms with van der Waals surface area (Å²) in [5.74, 6) is -0.544. The van der Waals surface area contributed by atoms with Crippen LogP contribution in [0.3, 0.4) is 0 Å². The van der Waals surface area contributed by atoms with Gasteiger partial charge in [0.15, 0.2) is 11.0 Å². The largest absolute Gasteiger partial charge is 0.386 e. The molecule has 2 aromatic carbocycles. The van der Waals surface area contributed by atoms with Gasteiger partial charge in [-0.1, -0.05) is 27.7 Å². The normalized spacial score (nSPS) is 15.1. The summed E-state index contributed by atoms with van der Waals surface area (Å²) < 4.78 is 21.3. The molecule has 1 atom stereocenters. The maximum atomic E-state index is 13.3. The number of morpholine rings is 1. The van der Waals surface area contributed by atoms with E-state index in [2.05, 4.69) is 14.9 Å². The first-order valence-corrected chi connectivity index (χ1v) is 13.6. The fourth-order valence-corrected chi connectivity index (χ4v) is 5.01. The molecule has 1 heterocycles. The van der Waals surface area contributed by atoms with E-state index in [9.17, 15) is 18.9 Å². The number of hydrogen-bond donors (Lipinski definition) is 4. The fourth-order valence-electron chi connectivity index (χ4n) is 4.21. The summed E-state index contributed by atoms with van der Waals surface area (Å²) in [6.45, 7) is 13.7. The summed E-state index contributed by atoms with van der Waals surface area (Å²) in [6.07, 6.45) is 0. The number of aliphatic hydroxyl groups is 1. The second-order valence-corrected chi connectivity index (χ2v) is 11.6. The van der Waals surface area contributed by atoms with Gasteiger partial charge in [0, 0.05) is 30.0 Å². The lowest BCUT2D eigenvalue weighted by molar-refractivity contribution is 0.0783. The highest BCUT2D eigenvalue weighted by Crippen LogP contribution is 2.34. The zero-order valence-corrected chi connectivity index (χ0v) is 23.2. The number of amides is 3. The first-order chi connectivity index (χ1) is 17.3. The number of ether oxygens (including phenoxy) is 1. The number of carbonyl (C=O) groups is 2. The van der Waals surface area contributed by atoms with Crippen LogP contribution in [0.15, 0.2) is 35.2 Å². The van der Waals surface area contributed by atoms with Crippen LogP contribution in [0.5, 0.6) is 0 Å². The number of rotatable bonds is 8. The Kier molecular flexibility index (Phi) is 8.99. The molecule has 1 fully saturated rings. The average Bonchev–Trinajstić information content (AvgIpc) is 2.83. The van der Waals surface area contributed by atoms with Crippen LogP contribution in [0.25, 0.3) is 0 Å². The topological polar surface area (TPSA) is 134 Å². The smallest absolute Gasteiger partial charge is 0.331 e. The molecule has 1 unspecified atom stereocenters. The van der Waals surface area contributed by atoms with E-state index in [1.165, 1.54) is 0 Å². The monoisotopic (exact) mass is 530 g/mol. The Hall–Kier alpha value is -2.95. The van der Waals surface area contributed by atoms with Gasteiger partial charge in [-0.2, -0.15) is 0 Å². The highest BCUT2D eigenvalue weighted by atomic mass is 32.2. The number of nitrogens with zero attached hydrogens (tertiary/aromatic N) is 1. The second-order valence-electron chi connectivity index (χ2n) is 10.4. The lowest BCUT2D eigenvalue weighted by Gasteiger charge is -2.30. The van der Waals surface area contributed by atoms with Gasteiger partial charge >= 0.3 is 6.03 Å². The summed E-state index contributed by atoms with van der Waals surface area (Å²) in [5.41, 5.74) is 8.24.